The van der Waals surface area contributed by atoms with E-state index in [9.17, 15) is 26.4 Å². The molecular weight excluding hydrogens is 476 g/mol. The Labute approximate surface area is 149 Å². The van der Waals surface area contributed by atoms with Crippen LogP contribution in [-0.2, 0) is 17.4 Å². The Bertz CT molecular complexity index is 836. The molecule has 2 rings (SSSR count). The summed E-state index contributed by atoms with van der Waals surface area (Å²) in [7, 11) is -4.55. The van der Waals surface area contributed by atoms with Crippen molar-refractivity contribution in [1.82, 2.24) is 0 Å². The van der Waals surface area contributed by atoms with Gasteiger partial charge in [-0.05, 0) is 0 Å². The quantitative estimate of drug-likeness (QED) is 0.364. The second-order valence-electron chi connectivity index (χ2n) is 4.51. The summed E-state index contributed by atoms with van der Waals surface area (Å²) >= 11 is -3.41. The maximum atomic E-state index is 12.7. The van der Waals surface area contributed by atoms with Crippen molar-refractivity contribution in [2.24, 2.45) is 0 Å². The summed E-state index contributed by atoms with van der Waals surface area (Å²) in [6.45, 7) is 0. The minimum atomic E-state index is -5.75. The van der Waals surface area contributed by atoms with E-state index in [4.69, 9.17) is 0 Å². The molecule has 0 aliphatic carbocycles. The summed E-state index contributed by atoms with van der Waals surface area (Å²) in [5.41, 5.74) is -5.32. The number of esters is 1. The molecule has 0 atom stereocenters. The summed E-state index contributed by atoms with van der Waals surface area (Å²) < 4.78 is 70.8. The van der Waals surface area contributed by atoms with Crippen molar-refractivity contribution in [2.45, 2.75) is 5.51 Å². The number of rotatable bonds is 5. The molecule has 2 aromatic rings. The zero-order valence-electron chi connectivity index (χ0n) is 12.7. The Kier molecular flexibility index (Phi) is 6.06. The van der Waals surface area contributed by atoms with E-state index in [-0.39, 0.29) is 9.13 Å². The number of hydrogen-bond donors (Lipinski definition) is 0. The van der Waals surface area contributed by atoms with Gasteiger partial charge in [0.1, 0.15) is 0 Å². The molecule has 0 unspecified atom stereocenters. The van der Waals surface area contributed by atoms with Gasteiger partial charge >= 0.3 is 150 Å². The van der Waals surface area contributed by atoms with Crippen LogP contribution in [-0.4, -0.2) is 27.0 Å². The van der Waals surface area contributed by atoms with Gasteiger partial charge in [0.15, 0.2) is 0 Å². The van der Waals surface area contributed by atoms with Crippen LogP contribution in [0.4, 0.5) is 13.2 Å². The van der Waals surface area contributed by atoms with Crippen LogP contribution >= 0.6 is 20.2 Å². The molecule has 0 aliphatic heterocycles. The van der Waals surface area contributed by atoms with Gasteiger partial charge in [-0.15, -0.1) is 0 Å². The second kappa shape index (κ2) is 7.70. The Hall–Kier alpha value is -1.66. The summed E-state index contributed by atoms with van der Waals surface area (Å²) in [6.07, 6.45) is 0. The topological polar surface area (TPSA) is 69.7 Å². The van der Waals surface area contributed by atoms with E-state index < -0.39 is 41.8 Å². The van der Waals surface area contributed by atoms with Gasteiger partial charge in [-0.3, -0.25) is 0 Å². The Balaban J connectivity index is 2.44. The zero-order valence-corrected chi connectivity index (χ0v) is 15.6. The molecule has 0 spiro atoms. The van der Waals surface area contributed by atoms with Crippen molar-refractivity contribution in [2.75, 3.05) is 7.11 Å². The normalized spacial score (nSPS) is 12.6. The monoisotopic (exact) mass is 488 g/mol. The van der Waals surface area contributed by atoms with Crippen LogP contribution in [0.2, 0.25) is 0 Å². The fourth-order valence-corrected chi connectivity index (χ4v) is 8.13. The predicted molar refractivity (Wildman–Crippen MR) is 91.7 cm³/mol. The van der Waals surface area contributed by atoms with Crippen LogP contribution in [0.3, 0.4) is 0 Å². The van der Waals surface area contributed by atoms with E-state index in [0.717, 1.165) is 0 Å². The number of carbonyl (C=O) groups excluding carboxylic acids is 1. The molecule has 0 N–H and O–H groups in total. The molecule has 0 radical (unpaired) electrons. The number of ether oxygens (including phenoxy) is 1. The van der Waals surface area contributed by atoms with E-state index in [2.05, 4.69) is 7.25 Å². The molecule has 0 heterocycles. The van der Waals surface area contributed by atoms with Crippen LogP contribution in [0.5, 0.6) is 0 Å². The molecule has 136 valence electrons. The number of benzene rings is 2. The van der Waals surface area contributed by atoms with Crippen LogP contribution in [0, 0.1) is 7.14 Å². The van der Waals surface area contributed by atoms with E-state index >= 15 is 0 Å². The van der Waals surface area contributed by atoms with Gasteiger partial charge in [-0.25, -0.2) is 0 Å². The van der Waals surface area contributed by atoms with Gasteiger partial charge in [0.25, 0.3) is 0 Å². The SMILES string of the molecule is COC(=O)c1ccc(I(OS(=O)(=O)C(F)(F)F)c2ccccc2)cc1. The third-order valence-corrected chi connectivity index (χ3v) is 9.88. The molecule has 2 aromatic carbocycles. The molecule has 5 nitrogen and oxygen atoms in total. The van der Waals surface area contributed by atoms with Crippen molar-refractivity contribution in [3.05, 3.63) is 67.3 Å². The summed E-state index contributed by atoms with van der Waals surface area (Å²) in [4.78, 5) is 11.4. The van der Waals surface area contributed by atoms with Crippen molar-refractivity contribution < 1.29 is 33.6 Å². The third-order valence-electron chi connectivity index (χ3n) is 2.82. The van der Waals surface area contributed by atoms with E-state index in [1.807, 2.05) is 0 Å². The van der Waals surface area contributed by atoms with Gasteiger partial charge in [-0.2, -0.15) is 0 Å². The fourth-order valence-electron chi connectivity index (χ4n) is 1.66. The van der Waals surface area contributed by atoms with Crippen molar-refractivity contribution in [1.29, 1.82) is 0 Å². The van der Waals surface area contributed by atoms with Crippen molar-refractivity contribution in [3.63, 3.8) is 0 Å². The Morgan fingerprint density at radius 2 is 1.48 bits per heavy atom. The number of halogens is 4. The first-order valence-electron chi connectivity index (χ1n) is 6.60. The summed E-state index contributed by atoms with van der Waals surface area (Å²) in [6, 6.07) is 13.2. The Morgan fingerprint density at radius 1 is 0.960 bits per heavy atom. The average Bonchev–Trinajstić information content (AvgIpc) is 2.59. The van der Waals surface area contributed by atoms with Crippen LogP contribution in [0.1, 0.15) is 10.4 Å². The number of hydrogen-bond acceptors (Lipinski definition) is 5. The zero-order chi connectivity index (χ0) is 18.7. The fraction of sp³-hybridized carbons (Fsp3) is 0.133. The average molecular weight is 488 g/mol. The summed E-state index contributed by atoms with van der Waals surface area (Å²) in [5.74, 6) is -0.615. The van der Waals surface area contributed by atoms with Crippen molar-refractivity contribution >= 4 is 36.3 Å². The first kappa shape index (κ1) is 19.7. The molecule has 0 bridgehead atoms. The van der Waals surface area contributed by atoms with E-state index in [1.165, 1.54) is 43.5 Å². The molecule has 0 fully saturated rings. The van der Waals surface area contributed by atoms with E-state index in [1.54, 1.807) is 18.2 Å². The van der Waals surface area contributed by atoms with Crippen LogP contribution in [0.25, 0.3) is 0 Å². The molecule has 25 heavy (non-hydrogen) atoms. The minimum absolute atomic E-state index is 0.189. The molecule has 0 aliphatic rings. The van der Waals surface area contributed by atoms with Gasteiger partial charge in [0.2, 0.25) is 0 Å². The number of carbonyl (C=O) groups is 1. The second-order valence-corrected chi connectivity index (χ2v) is 11.0. The Morgan fingerprint density at radius 3 is 1.96 bits per heavy atom. The van der Waals surface area contributed by atoms with Gasteiger partial charge in [-0.1, -0.05) is 0 Å². The molecule has 0 aromatic heterocycles. The summed E-state index contributed by atoms with van der Waals surface area (Å²) in [5, 5.41) is 0. The molecule has 10 heteroatoms. The predicted octanol–water partition coefficient (Wildman–Crippen LogP) is 3.80. The molecular formula is C15H12F3IO5S. The van der Waals surface area contributed by atoms with E-state index in [0.29, 0.717) is 3.57 Å². The number of alkyl halides is 3. The molecule has 0 amide bonds. The van der Waals surface area contributed by atoms with Gasteiger partial charge < -0.3 is 0 Å². The molecule has 0 saturated heterocycles. The first-order valence-corrected chi connectivity index (χ1v) is 11.0. The van der Waals surface area contributed by atoms with Crippen molar-refractivity contribution in [3.8, 4) is 0 Å². The van der Waals surface area contributed by atoms with Gasteiger partial charge in [0.05, 0.1) is 0 Å². The van der Waals surface area contributed by atoms with Crippen LogP contribution in [0.15, 0.2) is 54.6 Å². The maximum absolute atomic E-state index is 12.7. The standard InChI is InChI=1S/C15H12F3IO5S/c1-23-14(20)11-7-9-13(10-8-11)19(12-5-3-2-4-6-12)24-25(21,22)15(16,17)18/h2-10H,1H3. The third kappa shape index (κ3) is 4.70. The van der Waals surface area contributed by atoms with Crippen LogP contribution < -0.4 is 0 Å². The number of methoxy groups -OCH3 is 1. The van der Waals surface area contributed by atoms with Gasteiger partial charge in [0, 0.05) is 0 Å². The molecule has 0 saturated carbocycles. The first-order chi connectivity index (χ1) is 11.7.